The Bertz CT molecular complexity index is 703. The number of rotatable bonds is 7. The Morgan fingerprint density at radius 3 is 2.44 bits per heavy atom. The van der Waals surface area contributed by atoms with Gasteiger partial charge in [-0.2, -0.15) is 0 Å². The topological polar surface area (TPSA) is 50.8 Å². The Morgan fingerprint density at radius 2 is 1.76 bits per heavy atom. The van der Waals surface area contributed by atoms with Crippen molar-refractivity contribution < 1.29 is 14.3 Å². The van der Waals surface area contributed by atoms with Gasteiger partial charge in [-0.05, 0) is 31.5 Å². The van der Waals surface area contributed by atoms with Crippen molar-refractivity contribution in [2.45, 2.75) is 26.3 Å². The summed E-state index contributed by atoms with van der Waals surface area (Å²) < 4.78 is 11.1. The van der Waals surface area contributed by atoms with Crippen LogP contribution in [0.1, 0.15) is 31.9 Å². The van der Waals surface area contributed by atoms with Crippen molar-refractivity contribution in [3.63, 3.8) is 0 Å². The smallest absolute Gasteiger partial charge is 0.322 e. The van der Waals surface area contributed by atoms with Gasteiger partial charge in [0, 0.05) is 12.6 Å². The third kappa shape index (κ3) is 4.66. The zero-order chi connectivity index (χ0) is 18.2. The van der Waals surface area contributed by atoms with E-state index in [9.17, 15) is 4.79 Å². The van der Waals surface area contributed by atoms with Crippen LogP contribution >= 0.6 is 0 Å². The molecule has 0 spiro atoms. The Morgan fingerprint density at radius 1 is 1.12 bits per heavy atom. The first-order valence-electron chi connectivity index (χ1n) is 8.47. The van der Waals surface area contributed by atoms with Crippen molar-refractivity contribution >= 4 is 11.7 Å². The molecule has 0 radical (unpaired) electrons. The molecular formula is C20H26N2O3. The molecule has 0 heterocycles. The van der Waals surface area contributed by atoms with E-state index in [4.69, 9.17) is 9.47 Å². The highest BCUT2D eigenvalue weighted by Crippen LogP contribution is 2.29. The average Bonchev–Trinajstić information content (AvgIpc) is 2.66. The van der Waals surface area contributed by atoms with Gasteiger partial charge in [0.15, 0.2) is 0 Å². The molecule has 2 aromatic carbocycles. The fraction of sp³-hybridized carbons (Fsp3) is 0.350. The predicted molar refractivity (Wildman–Crippen MR) is 100 cm³/mol. The van der Waals surface area contributed by atoms with Crippen LogP contribution in [-0.2, 0) is 0 Å². The first-order chi connectivity index (χ1) is 12.1. The lowest BCUT2D eigenvalue weighted by molar-refractivity contribution is 0.207. The van der Waals surface area contributed by atoms with E-state index >= 15 is 0 Å². The molecule has 0 fully saturated rings. The van der Waals surface area contributed by atoms with Crippen LogP contribution in [0.5, 0.6) is 11.5 Å². The lowest BCUT2D eigenvalue weighted by Gasteiger charge is -2.27. The minimum absolute atomic E-state index is 0.139. The first-order valence-corrected chi connectivity index (χ1v) is 8.47. The number of urea groups is 1. The predicted octanol–water partition coefficient (Wildman–Crippen LogP) is 4.71. The highest BCUT2D eigenvalue weighted by atomic mass is 16.5. The third-order valence-electron chi connectivity index (χ3n) is 4.08. The summed E-state index contributed by atoms with van der Waals surface area (Å²) in [6.07, 6.45) is 0.910. The van der Waals surface area contributed by atoms with Gasteiger partial charge >= 0.3 is 6.03 Å². The Labute approximate surface area is 149 Å². The third-order valence-corrected chi connectivity index (χ3v) is 4.08. The van der Waals surface area contributed by atoms with Crippen LogP contribution in [0.4, 0.5) is 10.5 Å². The molecule has 134 valence electrons. The van der Waals surface area contributed by atoms with Gasteiger partial charge in [-0.3, -0.25) is 0 Å². The maximum atomic E-state index is 12.7. The molecule has 1 unspecified atom stereocenters. The van der Waals surface area contributed by atoms with E-state index in [0.29, 0.717) is 18.0 Å². The molecule has 0 bridgehead atoms. The molecule has 5 nitrogen and oxygen atoms in total. The number of methoxy groups -OCH3 is 1. The molecule has 0 aliphatic heterocycles. The summed E-state index contributed by atoms with van der Waals surface area (Å²) in [4.78, 5) is 14.3. The highest BCUT2D eigenvalue weighted by molar-refractivity contribution is 5.91. The molecule has 2 aromatic rings. The van der Waals surface area contributed by atoms with E-state index in [-0.39, 0.29) is 12.1 Å². The molecule has 0 aliphatic carbocycles. The van der Waals surface area contributed by atoms with Crippen LogP contribution in [0.2, 0.25) is 0 Å². The Balaban J connectivity index is 2.12. The number of hydrogen-bond donors (Lipinski definition) is 1. The van der Waals surface area contributed by atoms with Gasteiger partial charge in [0.05, 0.1) is 25.4 Å². The molecular weight excluding hydrogens is 316 g/mol. The van der Waals surface area contributed by atoms with Gasteiger partial charge in [-0.25, -0.2) is 4.79 Å². The molecule has 1 N–H and O–H groups in total. The second-order valence-corrected chi connectivity index (χ2v) is 5.80. The van der Waals surface area contributed by atoms with Gasteiger partial charge in [0.25, 0.3) is 0 Å². The molecule has 0 aromatic heterocycles. The number of anilines is 1. The minimum atomic E-state index is -0.203. The molecule has 0 aliphatic rings. The van der Waals surface area contributed by atoms with Crippen molar-refractivity contribution in [2.75, 3.05) is 26.1 Å². The van der Waals surface area contributed by atoms with Crippen LogP contribution in [-0.4, -0.2) is 31.7 Å². The Kier molecular flexibility index (Phi) is 6.69. The summed E-state index contributed by atoms with van der Waals surface area (Å²) in [7, 11) is 3.40. The van der Waals surface area contributed by atoms with Gasteiger partial charge in [-0.15, -0.1) is 0 Å². The maximum Gasteiger partial charge on any atom is 0.322 e. The number of para-hydroxylation sites is 3. The zero-order valence-electron chi connectivity index (χ0n) is 15.3. The summed E-state index contributed by atoms with van der Waals surface area (Å²) in [5.41, 5.74) is 1.62. The number of hydrogen-bond acceptors (Lipinski definition) is 3. The second kappa shape index (κ2) is 8.97. The number of amides is 2. The summed E-state index contributed by atoms with van der Waals surface area (Å²) in [5, 5.41) is 2.93. The van der Waals surface area contributed by atoms with E-state index in [2.05, 4.69) is 5.32 Å². The number of carbonyl (C=O) groups is 1. The Hall–Kier alpha value is -2.69. The summed E-state index contributed by atoms with van der Waals surface area (Å²) >= 11 is 0. The van der Waals surface area contributed by atoms with E-state index in [1.807, 2.05) is 62.4 Å². The van der Waals surface area contributed by atoms with Crippen molar-refractivity contribution in [2.24, 2.45) is 0 Å². The van der Waals surface area contributed by atoms with E-state index in [0.717, 1.165) is 17.7 Å². The number of nitrogens with one attached hydrogen (secondary N) is 1. The van der Waals surface area contributed by atoms with E-state index in [1.165, 1.54) is 0 Å². The number of nitrogens with zero attached hydrogens (tertiary/aromatic N) is 1. The standard InChI is InChI=1S/C20H26N2O3/c1-5-14-25-19-13-9-7-11-17(19)21-20(23)22(3)15(2)16-10-6-8-12-18(16)24-4/h6-13,15H,5,14H2,1-4H3,(H,21,23). The summed E-state index contributed by atoms with van der Waals surface area (Å²) in [6.45, 7) is 4.63. The lowest BCUT2D eigenvalue weighted by Crippen LogP contribution is -2.33. The average molecular weight is 342 g/mol. The molecule has 2 rings (SSSR count). The minimum Gasteiger partial charge on any atom is -0.496 e. The largest absolute Gasteiger partial charge is 0.496 e. The van der Waals surface area contributed by atoms with Crippen molar-refractivity contribution in [1.29, 1.82) is 0 Å². The van der Waals surface area contributed by atoms with E-state index in [1.54, 1.807) is 19.1 Å². The van der Waals surface area contributed by atoms with Gasteiger partial charge < -0.3 is 19.7 Å². The van der Waals surface area contributed by atoms with Crippen LogP contribution in [0.3, 0.4) is 0 Å². The van der Waals surface area contributed by atoms with Gasteiger partial charge in [0.1, 0.15) is 11.5 Å². The van der Waals surface area contributed by atoms with Crippen molar-refractivity contribution in [3.05, 3.63) is 54.1 Å². The van der Waals surface area contributed by atoms with Crippen molar-refractivity contribution in [1.82, 2.24) is 4.90 Å². The molecule has 1 atom stereocenters. The van der Waals surface area contributed by atoms with Gasteiger partial charge in [0.2, 0.25) is 0 Å². The second-order valence-electron chi connectivity index (χ2n) is 5.80. The van der Waals surface area contributed by atoms with E-state index < -0.39 is 0 Å². The van der Waals surface area contributed by atoms with Gasteiger partial charge in [-0.1, -0.05) is 37.3 Å². The zero-order valence-corrected chi connectivity index (χ0v) is 15.3. The van der Waals surface area contributed by atoms with Crippen molar-refractivity contribution in [3.8, 4) is 11.5 Å². The van der Waals surface area contributed by atoms with Crippen LogP contribution in [0.25, 0.3) is 0 Å². The molecule has 0 saturated heterocycles. The normalized spacial score (nSPS) is 11.5. The number of carbonyl (C=O) groups excluding carboxylic acids is 1. The van der Waals surface area contributed by atoms with Crippen LogP contribution in [0.15, 0.2) is 48.5 Å². The monoisotopic (exact) mass is 342 g/mol. The lowest BCUT2D eigenvalue weighted by atomic mass is 10.1. The molecule has 0 saturated carbocycles. The van der Waals surface area contributed by atoms with Crippen LogP contribution in [0, 0.1) is 0 Å². The maximum absolute atomic E-state index is 12.7. The summed E-state index contributed by atoms with van der Waals surface area (Å²) in [5.74, 6) is 1.44. The fourth-order valence-electron chi connectivity index (χ4n) is 2.51. The summed E-state index contributed by atoms with van der Waals surface area (Å²) in [6, 6.07) is 14.8. The number of ether oxygens (including phenoxy) is 2. The highest BCUT2D eigenvalue weighted by Gasteiger charge is 2.21. The van der Waals surface area contributed by atoms with Crippen LogP contribution < -0.4 is 14.8 Å². The SMILES string of the molecule is CCCOc1ccccc1NC(=O)N(C)C(C)c1ccccc1OC. The molecule has 25 heavy (non-hydrogen) atoms. The first kappa shape index (κ1) is 18.6. The number of benzene rings is 2. The molecule has 5 heteroatoms. The fourth-order valence-corrected chi connectivity index (χ4v) is 2.51. The molecule has 2 amide bonds. The quantitative estimate of drug-likeness (QED) is 0.793.